The van der Waals surface area contributed by atoms with E-state index in [-0.39, 0.29) is 24.0 Å². The van der Waals surface area contributed by atoms with E-state index in [0.29, 0.717) is 6.04 Å². The molecule has 26 heavy (non-hydrogen) atoms. The molecular formula is C18H32IN5OS. The lowest BCUT2D eigenvalue weighted by Crippen LogP contribution is -2.46. The fraction of sp³-hybridized carbons (Fsp3) is 0.778. The molecule has 0 amide bonds. The van der Waals surface area contributed by atoms with Crippen molar-refractivity contribution in [3.05, 3.63) is 16.1 Å². The third-order valence-electron chi connectivity index (χ3n) is 5.00. The number of aryl methyl sites for hydroxylation is 2. The first-order valence-electron chi connectivity index (χ1n) is 9.44. The van der Waals surface area contributed by atoms with Crippen LogP contribution in [0, 0.1) is 6.92 Å². The number of likely N-dealkylation sites (tertiary alicyclic amines) is 1. The SMILES string of the molecule is CN=C(NCCCCc1nc(C)cs1)N1CCC(N2CCOCC2)C1.I. The zero-order valence-electron chi connectivity index (χ0n) is 15.9. The molecule has 0 aromatic carbocycles. The molecule has 2 aliphatic heterocycles. The molecule has 148 valence electrons. The van der Waals surface area contributed by atoms with E-state index in [4.69, 9.17) is 4.74 Å². The number of hydrogen-bond donors (Lipinski definition) is 1. The Balaban J connectivity index is 0.00000243. The van der Waals surface area contributed by atoms with Crippen molar-refractivity contribution in [2.24, 2.45) is 4.99 Å². The van der Waals surface area contributed by atoms with Crippen molar-refractivity contribution in [3.63, 3.8) is 0 Å². The maximum absolute atomic E-state index is 5.47. The van der Waals surface area contributed by atoms with Gasteiger partial charge in [-0.1, -0.05) is 0 Å². The van der Waals surface area contributed by atoms with Crippen LogP contribution >= 0.6 is 35.3 Å². The fourth-order valence-electron chi connectivity index (χ4n) is 3.63. The molecule has 0 bridgehead atoms. The van der Waals surface area contributed by atoms with Crippen LogP contribution in [-0.2, 0) is 11.2 Å². The highest BCUT2D eigenvalue weighted by Crippen LogP contribution is 2.17. The van der Waals surface area contributed by atoms with Gasteiger partial charge in [-0.25, -0.2) is 4.98 Å². The topological polar surface area (TPSA) is 53.0 Å². The van der Waals surface area contributed by atoms with E-state index in [2.05, 4.69) is 37.4 Å². The first kappa shape index (κ1) is 21.8. The van der Waals surface area contributed by atoms with Crippen LogP contribution in [0.3, 0.4) is 0 Å². The molecule has 3 rings (SSSR count). The van der Waals surface area contributed by atoms with Gasteiger partial charge in [0.25, 0.3) is 0 Å². The monoisotopic (exact) mass is 493 g/mol. The molecule has 8 heteroatoms. The molecule has 1 unspecified atom stereocenters. The van der Waals surface area contributed by atoms with E-state index in [1.54, 1.807) is 11.3 Å². The van der Waals surface area contributed by atoms with Crippen molar-refractivity contribution in [1.29, 1.82) is 0 Å². The summed E-state index contributed by atoms with van der Waals surface area (Å²) in [6, 6.07) is 0.649. The first-order valence-corrected chi connectivity index (χ1v) is 10.3. The lowest BCUT2D eigenvalue weighted by atomic mass is 10.2. The number of halogens is 1. The Morgan fingerprint density at radius 3 is 2.85 bits per heavy atom. The molecule has 0 saturated carbocycles. The highest BCUT2D eigenvalue weighted by Gasteiger charge is 2.30. The minimum atomic E-state index is 0. The van der Waals surface area contributed by atoms with Gasteiger partial charge in [0.2, 0.25) is 0 Å². The number of nitrogens with one attached hydrogen (secondary N) is 1. The minimum Gasteiger partial charge on any atom is -0.379 e. The average molecular weight is 493 g/mol. The Bertz CT molecular complexity index is 562. The number of morpholine rings is 1. The molecule has 1 N–H and O–H groups in total. The Hall–Kier alpha value is -0.450. The molecule has 0 radical (unpaired) electrons. The molecule has 6 nitrogen and oxygen atoms in total. The van der Waals surface area contributed by atoms with Crippen LogP contribution in [0.25, 0.3) is 0 Å². The summed E-state index contributed by atoms with van der Waals surface area (Å²) in [5.41, 5.74) is 1.14. The third kappa shape index (κ3) is 6.31. The lowest BCUT2D eigenvalue weighted by Gasteiger charge is -2.32. The Morgan fingerprint density at radius 2 is 2.15 bits per heavy atom. The zero-order valence-corrected chi connectivity index (χ0v) is 19.1. The van der Waals surface area contributed by atoms with Gasteiger partial charge < -0.3 is 15.0 Å². The van der Waals surface area contributed by atoms with E-state index >= 15 is 0 Å². The van der Waals surface area contributed by atoms with Gasteiger partial charge in [0.1, 0.15) is 0 Å². The predicted octanol–water partition coefficient (Wildman–Crippen LogP) is 2.37. The summed E-state index contributed by atoms with van der Waals surface area (Å²) in [4.78, 5) is 14.0. The van der Waals surface area contributed by atoms with Crippen molar-refractivity contribution in [3.8, 4) is 0 Å². The summed E-state index contributed by atoms with van der Waals surface area (Å²) in [6.07, 6.45) is 4.64. The van der Waals surface area contributed by atoms with Gasteiger partial charge in [0.05, 0.1) is 18.2 Å². The maximum Gasteiger partial charge on any atom is 0.193 e. The van der Waals surface area contributed by atoms with Crippen LogP contribution in [0.2, 0.25) is 0 Å². The second-order valence-corrected chi connectivity index (χ2v) is 7.79. The number of thiazole rings is 1. The molecule has 2 saturated heterocycles. The van der Waals surface area contributed by atoms with Crippen molar-refractivity contribution < 1.29 is 4.74 Å². The molecule has 2 fully saturated rings. The van der Waals surface area contributed by atoms with Gasteiger partial charge in [0.15, 0.2) is 5.96 Å². The number of guanidine groups is 1. The van der Waals surface area contributed by atoms with Crippen LogP contribution in [0.15, 0.2) is 10.4 Å². The normalized spacial score (nSPS) is 21.7. The Morgan fingerprint density at radius 1 is 1.35 bits per heavy atom. The summed E-state index contributed by atoms with van der Waals surface area (Å²) >= 11 is 1.78. The second-order valence-electron chi connectivity index (χ2n) is 6.85. The number of unbranched alkanes of at least 4 members (excludes halogenated alkanes) is 1. The second kappa shape index (κ2) is 11.4. The summed E-state index contributed by atoms with van der Waals surface area (Å²) < 4.78 is 5.47. The van der Waals surface area contributed by atoms with Gasteiger partial charge in [-0.2, -0.15) is 0 Å². The molecule has 0 aliphatic carbocycles. The molecule has 0 spiro atoms. The number of aliphatic imine (C=N–C) groups is 1. The Kier molecular flexibility index (Phi) is 9.58. The average Bonchev–Trinajstić information content (AvgIpc) is 3.28. The molecule has 2 aliphatic rings. The smallest absolute Gasteiger partial charge is 0.193 e. The van der Waals surface area contributed by atoms with Gasteiger partial charge in [0, 0.05) is 56.9 Å². The fourth-order valence-corrected chi connectivity index (χ4v) is 4.44. The van der Waals surface area contributed by atoms with Gasteiger partial charge in [-0.3, -0.25) is 9.89 Å². The van der Waals surface area contributed by atoms with Gasteiger partial charge >= 0.3 is 0 Å². The van der Waals surface area contributed by atoms with Crippen LogP contribution in [0.5, 0.6) is 0 Å². The van der Waals surface area contributed by atoms with Gasteiger partial charge in [-0.05, 0) is 32.6 Å². The minimum absolute atomic E-state index is 0. The van der Waals surface area contributed by atoms with E-state index in [0.717, 1.165) is 70.4 Å². The van der Waals surface area contributed by atoms with Gasteiger partial charge in [-0.15, -0.1) is 35.3 Å². The third-order valence-corrected chi connectivity index (χ3v) is 6.03. The summed E-state index contributed by atoms with van der Waals surface area (Å²) in [5, 5.41) is 6.93. The number of hydrogen-bond acceptors (Lipinski definition) is 5. The number of nitrogens with zero attached hydrogens (tertiary/aromatic N) is 4. The summed E-state index contributed by atoms with van der Waals surface area (Å²) in [7, 11) is 1.89. The predicted molar refractivity (Wildman–Crippen MR) is 119 cm³/mol. The van der Waals surface area contributed by atoms with E-state index in [1.165, 1.54) is 17.8 Å². The molecule has 1 aromatic rings. The van der Waals surface area contributed by atoms with E-state index in [9.17, 15) is 0 Å². The van der Waals surface area contributed by atoms with E-state index in [1.807, 2.05) is 7.05 Å². The van der Waals surface area contributed by atoms with Crippen molar-refractivity contribution >= 4 is 41.3 Å². The number of aromatic nitrogens is 1. The molecule has 1 atom stereocenters. The number of rotatable bonds is 6. The molecule has 1 aromatic heterocycles. The molecule has 3 heterocycles. The quantitative estimate of drug-likeness (QED) is 0.286. The number of ether oxygens (including phenoxy) is 1. The van der Waals surface area contributed by atoms with Crippen molar-refractivity contribution in [1.82, 2.24) is 20.1 Å². The van der Waals surface area contributed by atoms with E-state index < -0.39 is 0 Å². The van der Waals surface area contributed by atoms with Crippen LogP contribution in [-0.4, -0.2) is 79.8 Å². The summed E-state index contributed by atoms with van der Waals surface area (Å²) in [6.45, 7) is 9.12. The highest BCUT2D eigenvalue weighted by atomic mass is 127. The highest BCUT2D eigenvalue weighted by molar-refractivity contribution is 14.0. The maximum atomic E-state index is 5.47. The Labute approximate surface area is 178 Å². The summed E-state index contributed by atoms with van der Waals surface area (Å²) in [5.74, 6) is 1.06. The largest absolute Gasteiger partial charge is 0.379 e. The van der Waals surface area contributed by atoms with Crippen molar-refractivity contribution in [2.45, 2.75) is 38.6 Å². The first-order chi connectivity index (χ1) is 12.3. The lowest BCUT2D eigenvalue weighted by molar-refractivity contribution is 0.0195. The van der Waals surface area contributed by atoms with Crippen molar-refractivity contribution in [2.75, 3.05) is 53.0 Å². The van der Waals surface area contributed by atoms with Crippen LogP contribution in [0.1, 0.15) is 30.0 Å². The van der Waals surface area contributed by atoms with Crippen LogP contribution in [0.4, 0.5) is 0 Å². The molecular weight excluding hydrogens is 461 g/mol. The zero-order chi connectivity index (χ0) is 17.5. The van der Waals surface area contributed by atoms with Crippen LogP contribution < -0.4 is 5.32 Å². The standard InChI is InChI=1S/C18H31N5OS.HI/c1-15-14-25-17(21-15)5-3-4-7-20-18(19-2)23-8-6-16(13-23)22-9-11-24-12-10-22;/h14,16H,3-13H2,1-2H3,(H,19,20);1H.